The van der Waals surface area contributed by atoms with Crippen LogP contribution in [0, 0.1) is 13.8 Å². The van der Waals surface area contributed by atoms with Gasteiger partial charge in [-0.2, -0.15) is 5.10 Å². The predicted octanol–water partition coefficient (Wildman–Crippen LogP) is 3.12. The number of carbonyl (C=O) groups excluding carboxylic acids is 3. The normalized spacial score (nSPS) is 10.7. The Kier molecular flexibility index (Phi) is 7.64. The van der Waals surface area contributed by atoms with Crippen LogP contribution in [0.1, 0.15) is 30.8 Å². The Morgan fingerprint density at radius 3 is 2.48 bits per heavy atom. The smallest absolute Gasteiger partial charge is 0.321 e. The van der Waals surface area contributed by atoms with Gasteiger partial charge in [-0.15, -0.1) is 0 Å². The summed E-state index contributed by atoms with van der Waals surface area (Å²) in [4.78, 5) is 35.3. The first-order chi connectivity index (χ1) is 13.6. The molecule has 0 aliphatic heterocycles. The van der Waals surface area contributed by atoms with Crippen molar-refractivity contribution in [3.05, 3.63) is 45.2 Å². The lowest BCUT2D eigenvalue weighted by Crippen LogP contribution is -2.44. The number of aryl methyl sites for hydroxylation is 1. The fourth-order valence-electron chi connectivity index (χ4n) is 2.60. The summed E-state index contributed by atoms with van der Waals surface area (Å²) in [6.07, 6.45) is -0.0650. The predicted molar refractivity (Wildman–Crippen MR) is 110 cm³/mol. The second kappa shape index (κ2) is 9.76. The van der Waals surface area contributed by atoms with E-state index in [9.17, 15) is 14.4 Å². The maximum atomic E-state index is 12.2. The first kappa shape index (κ1) is 22.7. The Bertz CT molecular complexity index is 941. The van der Waals surface area contributed by atoms with E-state index in [2.05, 4.69) is 15.7 Å². The molecule has 0 fully saturated rings. The van der Waals surface area contributed by atoms with Crippen molar-refractivity contribution in [2.24, 2.45) is 0 Å². The largest absolute Gasteiger partial charge is 0.455 e. The SMILES string of the molecule is Cc1nn(-c2ccc(Cl)c(Cl)c2)c(C)c1CC(=O)OCC(=O)NC(=O)NC(C)C. The quantitative estimate of drug-likeness (QED) is 0.671. The number of rotatable bonds is 6. The number of nitrogens with zero attached hydrogens (tertiary/aromatic N) is 2. The number of amides is 3. The third-order valence-corrected chi connectivity index (χ3v) is 4.69. The first-order valence-electron chi connectivity index (χ1n) is 8.85. The molecule has 0 saturated carbocycles. The number of urea groups is 1. The summed E-state index contributed by atoms with van der Waals surface area (Å²) in [6, 6.07) is 4.34. The number of nitrogens with one attached hydrogen (secondary N) is 2. The van der Waals surface area contributed by atoms with Crippen molar-refractivity contribution in [2.75, 3.05) is 6.61 Å². The van der Waals surface area contributed by atoms with Crippen LogP contribution in [0.25, 0.3) is 5.69 Å². The van der Waals surface area contributed by atoms with E-state index in [1.165, 1.54) is 0 Å². The van der Waals surface area contributed by atoms with Gasteiger partial charge in [0.2, 0.25) is 0 Å². The van der Waals surface area contributed by atoms with Gasteiger partial charge in [0.25, 0.3) is 5.91 Å². The zero-order valence-corrected chi connectivity index (χ0v) is 18.0. The molecule has 0 atom stereocenters. The summed E-state index contributed by atoms with van der Waals surface area (Å²) in [5, 5.41) is 9.85. The summed E-state index contributed by atoms with van der Waals surface area (Å²) >= 11 is 12.0. The van der Waals surface area contributed by atoms with Crippen LogP contribution in [0.4, 0.5) is 4.79 Å². The van der Waals surface area contributed by atoms with E-state index in [1.807, 2.05) is 6.92 Å². The van der Waals surface area contributed by atoms with Crippen LogP contribution >= 0.6 is 23.2 Å². The van der Waals surface area contributed by atoms with Gasteiger partial charge in [-0.05, 0) is 45.9 Å². The Morgan fingerprint density at radius 2 is 1.86 bits per heavy atom. The van der Waals surface area contributed by atoms with E-state index in [1.54, 1.807) is 43.7 Å². The van der Waals surface area contributed by atoms with Crippen molar-refractivity contribution < 1.29 is 19.1 Å². The summed E-state index contributed by atoms with van der Waals surface area (Å²) in [5.74, 6) is -1.32. The highest BCUT2D eigenvalue weighted by Gasteiger charge is 2.18. The van der Waals surface area contributed by atoms with Gasteiger partial charge in [-0.25, -0.2) is 9.48 Å². The molecule has 0 aliphatic rings. The lowest BCUT2D eigenvalue weighted by molar-refractivity contribution is -0.147. The van der Waals surface area contributed by atoms with Gasteiger partial charge < -0.3 is 10.1 Å². The van der Waals surface area contributed by atoms with Crippen molar-refractivity contribution in [1.29, 1.82) is 0 Å². The van der Waals surface area contributed by atoms with E-state index in [0.717, 1.165) is 5.69 Å². The molecule has 2 N–H and O–H groups in total. The molecule has 8 nitrogen and oxygen atoms in total. The maximum Gasteiger partial charge on any atom is 0.321 e. The Morgan fingerprint density at radius 1 is 1.17 bits per heavy atom. The van der Waals surface area contributed by atoms with Crippen LogP contribution < -0.4 is 10.6 Å². The fourth-order valence-corrected chi connectivity index (χ4v) is 2.89. The number of ether oxygens (including phenoxy) is 1. The van der Waals surface area contributed by atoms with Crippen molar-refractivity contribution >= 4 is 41.1 Å². The lowest BCUT2D eigenvalue weighted by atomic mass is 10.1. The third kappa shape index (κ3) is 6.20. The molecule has 0 unspecified atom stereocenters. The molecule has 0 bridgehead atoms. The number of halogens is 2. The standard InChI is InChI=1S/C19H22Cl2N4O4/c1-10(2)22-19(28)23-17(26)9-29-18(27)8-14-11(3)24-25(12(14)4)13-5-6-15(20)16(21)7-13/h5-7,10H,8-9H2,1-4H3,(H2,22,23,26,28). The number of imide groups is 1. The minimum Gasteiger partial charge on any atom is -0.455 e. The van der Waals surface area contributed by atoms with Crippen LogP contribution in [0.15, 0.2) is 18.2 Å². The molecule has 1 aromatic carbocycles. The number of hydrogen-bond donors (Lipinski definition) is 2. The van der Waals surface area contributed by atoms with Gasteiger partial charge in [0.15, 0.2) is 6.61 Å². The Balaban J connectivity index is 2.00. The van der Waals surface area contributed by atoms with Crippen LogP contribution in [0.2, 0.25) is 10.0 Å². The van der Waals surface area contributed by atoms with Crippen molar-refractivity contribution in [3.8, 4) is 5.69 Å². The lowest BCUT2D eigenvalue weighted by Gasteiger charge is -2.09. The van der Waals surface area contributed by atoms with Crippen LogP contribution in [0.5, 0.6) is 0 Å². The molecule has 10 heteroatoms. The molecule has 29 heavy (non-hydrogen) atoms. The van der Waals surface area contributed by atoms with Crippen molar-refractivity contribution in [3.63, 3.8) is 0 Å². The number of esters is 1. The number of carbonyl (C=O) groups is 3. The molecule has 3 amide bonds. The molecule has 0 radical (unpaired) electrons. The molecule has 0 spiro atoms. The Labute approximate surface area is 178 Å². The minimum atomic E-state index is -0.712. The molecular formula is C19H22Cl2N4O4. The van der Waals surface area contributed by atoms with Crippen LogP contribution in [-0.4, -0.2) is 40.3 Å². The van der Waals surface area contributed by atoms with E-state index < -0.39 is 24.5 Å². The summed E-state index contributed by atoms with van der Waals surface area (Å²) in [6.45, 7) is 6.55. The topological polar surface area (TPSA) is 102 Å². The van der Waals surface area contributed by atoms with Crippen LogP contribution in [0.3, 0.4) is 0 Å². The minimum absolute atomic E-state index is 0.0650. The van der Waals surface area contributed by atoms with E-state index >= 15 is 0 Å². The third-order valence-electron chi connectivity index (χ3n) is 3.95. The van der Waals surface area contributed by atoms with E-state index in [-0.39, 0.29) is 12.5 Å². The van der Waals surface area contributed by atoms with Crippen molar-refractivity contribution in [2.45, 2.75) is 40.2 Å². The molecule has 0 aliphatic carbocycles. The van der Waals surface area contributed by atoms with E-state index in [0.29, 0.717) is 27.0 Å². The maximum absolute atomic E-state index is 12.2. The number of hydrogen-bond acceptors (Lipinski definition) is 5. The molecule has 0 saturated heterocycles. The van der Waals surface area contributed by atoms with Gasteiger partial charge in [-0.1, -0.05) is 23.2 Å². The Hall–Kier alpha value is -2.58. The summed E-state index contributed by atoms with van der Waals surface area (Å²) in [7, 11) is 0. The van der Waals surface area contributed by atoms with Gasteiger partial charge >= 0.3 is 12.0 Å². The summed E-state index contributed by atoms with van der Waals surface area (Å²) in [5.41, 5.74) is 2.76. The molecule has 1 heterocycles. The molecular weight excluding hydrogens is 419 g/mol. The zero-order valence-electron chi connectivity index (χ0n) is 16.5. The highest BCUT2D eigenvalue weighted by molar-refractivity contribution is 6.42. The van der Waals surface area contributed by atoms with Crippen LogP contribution in [-0.2, 0) is 20.7 Å². The first-order valence-corrected chi connectivity index (χ1v) is 9.60. The summed E-state index contributed by atoms with van der Waals surface area (Å²) < 4.78 is 6.62. The second-order valence-electron chi connectivity index (χ2n) is 6.67. The monoisotopic (exact) mass is 440 g/mol. The highest BCUT2D eigenvalue weighted by atomic mass is 35.5. The average Bonchev–Trinajstić information content (AvgIpc) is 2.89. The van der Waals surface area contributed by atoms with Gasteiger partial charge in [0, 0.05) is 17.3 Å². The highest BCUT2D eigenvalue weighted by Crippen LogP contribution is 2.26. The van der Waals surface area contributed by atoms with Gasteiger partial charge in [-0.3, -0.25) is 14.9 Å². The average molecular weight is 441 g/mol. The van der Waals surface area contributed by atoms with E-state index in [4.69, 9.17) is 27.9 Å². The molecule has 2 aromatic rings. The van der Waals surface area contributed by atoms with Gasteiger partial charge in [0.1, 0.15) is 0 Å². The number of aromatic nitrogens is 2. The number of benzene rings is 1. The molecule has 1 aromatic heterocycles. The zero-order chi connectivity index (χ0) is 21.7. The molecule has 156 valence electrons. The molecule has 2 rings (SSSR count). The van der Waals surface area contributed by atoms with Crippen molar-refractivity contribution in [1.82, 2.24) is 20.4 Å². The van der Waals surface area contributed by atoms with Gasteiger partial charge in [0.05, 0.1) is 27.8 Å². The second-order valence-corrected chi connectivity index (χ2v) is 7.49. The fraction of sp³-hybridized carbons (Fsp3) is 0.368.